The zero-order valence-corrected chi connectivity index (χ0v) is 11.0. The average Bonchev–Trinajstić information content (AvgIpc) is 2.71. The number of likely N-dealkylation sites (N-methyl/N-ethyl adjacent to an activating group) is 1. The molecule has 2 amide bonds. The Kier molecular flexibility index (Phi) is 4.95. The van der Waals surface area contributed by atoms with E-state index in [4.69, 9.17) is 5.11 Å². The van der Waals surface area contributed by atoms with Crippen LogP contribution in [0.1, 0.15) is 39.0 Å². The molecule has 0 spiro atoms. The van der Waals surface area contributed by atoms with Crippen molar-refractivity contribution < 1.29 is 19.8 Å². The summed E-state index contributed by atoms with van der Waals surface area (Å²) in [6.45, 7) is 1.94. The molecule has 0 unspecified atom stereocenters. The number of aliphatic carboxylic acids is 1. The zero-order chi connectivity index (χ0) is 13.8. The largest absolute Gasteiger partial charge is 0.480 e. The Balaban J connectivity index is 2.48. The van der Waals surface area contributed by atoms with Crippen molar-refractivity contribution >= 4 is 12.0 Å². The summed E-state index contributed by atoms with van der Waals surface area (Å²) in [5.41, 5.74) is -0.809. The van der Waals surface area contributed by atoms with Crippen LogP contribution in [0.3, 0.4) is 0 Å². The number of nitrogens with one attached hydrogen (secondary N) is 1. The first-order valence-corrected chi connectivity index (χ1v) is 6.35. The van der Waals surface area contributed by atoms with Crippen LogP contribution >= 0.6 is 0 Å². The maximum Gasteiger partial charge on any atom is 0.326 e. The van der Waals surface area contributed by atoms with Crippen LogP contribution in [-0.2, 0) is 4.79 Å². The van der Waals surface area contributed by atoms with E-state index in [2.05, 4.69) is 5.32 Å². The normalized spacial score (nSPS) is 19.3. The molecule has 0 saturated heterocycles. The number of carbonyl (C=O) groups excluding carboxylic acids is 1. The van der Waals surface area contributed by atoms with E-state index in [0.717, 1.165) is 12.8 Å². The van der Waals surface area contributed by atoms with Crippen LogP contribution in [0.5, 0.6) is 0 Å². The monoisotopic (exact) mass is 258 g/mol. The van der Waals surface area contributed by atoms with Gasteiger partial charge in [-0.1, -0.05) is 19.8 Å². The second-order valence-electron chi connectivity index (χ2n) is 5.04. The molecular weight excluding hydrogens is 236 g/mol. The summed E-state index contributed by atoms with van der Waals surface area (Å²) in [6.07, 6.45) is 3.66. The molecule has 0 radical (unpaired) electrons. The van der Waals surface area contributed by atoms with Crippen molar-refractivity contribution in [2.45, 2.75) is 50.7 Å². The lowest BCUT2D eigenvalue weighted by molar-refractivity contribution is -0.139. The molecule has 0 aromatic carbocycles. The van der Waals surface area contributed by atoms with E-state index in [0.29, 0.717) is 19.3 Å². The van der Waals surface area contributed by atoms with Crippen molar-refractivity contribution in [3.8, 4) is 0 Å². The Labute approximate surface area is 107 Å². The van der Waals surface area contributed by atoms with Crippen molar-refractivity contribution in [2.24, 2.45) is 0 Å². The molecular formula is C12H22N2O4. The Morgan fingerprint density at radius 3 is 2.39 bits per heavy atom. The van der Waals surface area contributed by atoms with Gasteiger partial charge >= 0.3 is 12.0 Å². The first-order chi connectivity index (χ1) is 8.38. The molecule has 104 valence electrons. The Bertz CT molecular complexity index is 313. The van der Waals surface area contributed by atoms with Gasteiger partial charge in [-0.2, -0.15) is 0 Å². The first kappa shape index (κ1) is 14.8. The zero-order valence-electron chi connectivity index (χ0n) is 11.0. The second kappa shape index (κ2) is 6.04. The standard InChI is InChI=1S/C12H22N2O4/c1-3-9(10(15)16)13-11(17)14(2)8-12(18)6-4-5-7-12/h9,18H,3-8H2,1-2H3,(H,13,17)(H,15,16)/t9-/m0/s1. The topological polar surface area (TPSA) is 89.9 Å². The van der Waals surface area contributed by atoms with E-state index in [-0.39, 0.29) is 6.54 Å². The van der Waals surface area contributed by atoms with Gasteiger partial charge in [0.05, 0.1) is 12.1 Å². The Hall–Kier alpha value is -1.30. The molecule has 6 nitrogen and oxygen atoms in total. The number of hydrogen-bond acceptors (Lipinski definition) is 3. The first-order valence-electron chi connectivity index (χ1n) is 6.35. The third kappa shape index (κ3) is 3.87. The van der Waals surface area contributed by atoms with Crippen molar-refractivity contribution in [3.05, 3.63) is 0 Å². The molecule has 0 bridgehead atoms. The quantitative estimate of drug-likeness (QED) is 0.680. The predicted molar refractivity (Wildman–Crippen MR) is 66.3 cm³/mol. The number of hydrogen-bond donors (Lipinski definition) is 3. The summed E-state index contributed by atoms with van der Waals surface area (Å²) in [5, 5.41) is 21.5. The molecule has 0 heterocycles. The van der Waals surface area contributed by atoms with E-state index >= 15 is 0 Å². The maximum atomic E-state index is 11.8. The second-order valence-corrected chi connectivity index (χ2v) is 5.04. The number of carboxylic acids is 1. The Morgan fingerprint density at radius 2 is 1.94 bits per heavy atom. The van der Waals surface area contributed by atoms with E-state index in [1.807, 2.05) is 0 Å². The molecule has 1 atom stereocenters. The van der Waals surface area contributed by atoms with Crippen molar-refractivity contribution in [2.75, 3.05) is 13.6 Å². The van der Waals surface area contributed by atoms with Crippen LogP contribution in [0.4, 0.5) is 4.79 Å². The highest BCUT2D eigenvalue weighted by atomic mass is 16.4. The molecule has 1 aliphatic rings. The third-order valence-corrected chi connectivity index (χ3v) is 3.42. The maximum absolute atomic E-state index is 11.8. The van der Waals surface area contributed by atoms with Gasteiger partial charge in [-0.05, 0) is 19.3 Å². The SMILES string of the molecule is CC[C@H](NC(=O)N(C)CC1(O)CCCC1)C(=O)O. The minimum atomic E-state index is -1.04. The smallest absolute Gasteiger partial charge is 0.326 e. The number of nitrogens with zero attached hydrogens (tertiary/aromatic N) is 1. The van der Waals surface area contributed by atoms with Gasteiger partial charge in [0.15, 0.2) is 0 Å². The Morgan fingerprint density at radius 1 is 1.39 bits per heavy atom. The van der Waals surface area contributed by atoms with Crippen LogP contribution < -0.4 is 5.32 Å². The molecule has 0 aromatic heterocycles. The van der Waals surface area contributed by atoms with Crippen LogP contribution in [0.25, 0.3) is 0 Å². The van der Waals surface area contributed by atoms with E-state index in [1.54, 1.807) is 14.0 Å². The molecule has 1 saturated carbocycles. The molecule has 3 N–H and O–H groups in total. The summed E-state index contributed by atoms with van der Waals surface area (Å²) in [7, 11) is 1.57. The van der Waals surface area contributed by atoms with Gasteiger partial charge in [0.25, 0.3) is 0 Å². The molecule has 1 fully saturated rings. The highest BCUT2D eigenvalue weighted by Crippen LogP contribution is 2.29. The van der Waals surface area contributed by atoms with Crippen LogP contribution in [0, 0.1) is 0 Å². The third-order valence-electron chi connectivity index (χ3n) is 3.42. The average molecular weight is 258 g/mol. The fourth-order valence-corrected chi connectivity index (χ4v) is 2.30. The number of amides is 2. The van der Waals surface area contributed by atoms with Crippen LogP contribution in [0.2, 0.25) is 0 Å². The minimum absolute atomic E-state index is 0.245. The van der Waals surface area contributed by atoms with Gasteiger partial charge in [0.1, 0.15) is 6.04 Å². The van der Waals surface area contributed by atoms with Crippen molar-refractivity contribution in [1.82, 2.24) is 10.2 Å². The summed E-state index contributed by atoms with van der Waals surface area (Å²) in [4.78, 5) is 24.0. The van der Waals surface area contributed by atoms with Gasteiger partial charge < -0.3 is 20.4 Å². The summed E-state index contributed by atoms with van der Waals surface area (Å²) >= 11 is 0. The number of rotatable bonds is 5. The molecule has 0 aromatic rings. The number of urea groups is 1. The van der Waals surface area contributed by atoms with E-state index < -0.39 is 23.6 Å². The van der Waals surface area contributed by atoms with Gasteiger partial charge in [0.2, 0.25) is 0 Å². The molecule has 6 heteroatoms. The lowest BCUT2D eigenvalue weighted by Gasteiger charge is -2.29. The fourth-order valence-electron chi connectivity index (χ4n) is 2.30. The lowest BCUT2D eigenvalue weighted by Crippen LogP contribution is -2.50. The summed E-state index contributed by atoms with van der Waals surface area (Å²) < 4.78 is 0. The van der Waals surface area contributed by atoms with E-state index in [1.165, 1.54) is 4.90 Å². The van der Waals surface area contributed by atoms with Gasteiger partial charge in [-0.3, -0.25) is 0 Å². The number of aliphatic hydroxyl groups is 1. The number of carboxylic acid groups (broad SMARTS) is 1. The molecule has 1 aliphatic carbocycles. The highest BCUT2D eigenvalue weighted by molar-refractivity contribution is 5.82. The molecule has 0 aliphatic heterocycles. The molecule has 18 heavy (non-hydrogen) atoms. The van der Waals surface area contributed by atoms with E-state index in [9.17, 15) is 14.7 Å². The highest BCUT2D eigenvalue weighted by Gasteiger charge is 2.33. The molecule has 1 rings (SSSR count). The van der Waals surface area contributed by atoms with Crippen molar-refractivity contribution in [1.29, 1.82) is 0 Å². The van der Waals surface area contributed by atoms with Crippen molar-refractivity contribution in [3.63, 3.8) is 0 Å². The number of carbonyl (C=O) groups is 2. The predicted octanol–water partition coefficient (Wildman–Crippen LogP) is 0.796. The fraction of sp³-hybridized carbons (Fsp3) is 0.833. The van der Waals surface area contributed by atoms with Gasteiger partial charge in [0, 0.05) is 7.05 Å². The van der Waals surface area contributed by atoms with Gasteiger partial charge in [-0.15, -0.1) is 0 Å². The minimum Gasteiger partial charge on any atom is -0.480 e. The van der Waals surface area contributed by atoms with Crippen LogP contribution in [0.15, 0.2) is 0 Å². The summed E-state index contributed by atoms with van der Waals surface area (Å²) in [5.74, 6) is -1.04. The lowest BCUT2D eigenvalue weighted by atomic mass is 10.0. The van der Waals surface area contributed by atoms with Gasteiger partial charge in [-0.25, -0.2) is 9.59 Å². The summed E-state index contributed by atoms with van der Waals surface area (Å²) in [6, 6.07) is -1.33. The van der Waals surface area contributed by atoms with Crippen LogP contribution in [-0.4, -0.2) is 52.3 Å².